The minimum atomic E-state index is -0.123. The quantitative estimate of drug-likeness (QED) is 0.661. The molecule has 3 rings (SSSR count). The number of pyridine rings is 1. The lowest BCUT2D eigenvalue weighted by atomic mass is 10.1. The molecule has 2 aromatic carbocycles. The Balaban J connectivity index is 1.89. The average Bonchev–Trinajstić information content (AvgIpc) is 2.56. The summed E-state index contributed by atoms with van der Waals surface area (Å²) < 4.78 is 7.34. The summed E-state index contributed by atoms with van der Waals surface area (Å²) in [5, 5.41) is 0.613. The van der Waals surface area contributed by atoms with Crippen LogP contribution in [0.2, 0.25) is 10.0 Å². The number of nitrogen functional groups attached to an aromatic ring is 1. The van der Waals surface area contributed by atoms with Gasteiger partial charge in [-0.3, -0.25) is 4.79 Å². The van der Waals surface area contributed by atoms with Crippen molar-refractivity contribution in [2.24, 2.45) is 0 Å². The summed E-state index contributed by atoms with van der Waals surface area (Å²) in [7, 11) is 0. The maximum absolute atomic E-state index is 12.1. The van der Waals surface area contributed by atoms with Gasteiger partial charge in [0.2, 0.25) is 0 Å². The Morgan fingerprint density at radius 3 is 2.32 bits per heavy atom. The summed E-state index contributed by atoms with van der Waals surface area (Å²) in [4.78, 5) is 12.1. The number of nitrogens with zero attached hydrogens (tertiary/aromatic N) is 1. The van der Waals surface area contributed by atoms with Gasteiger partial charge in [0.1, 0.15) is 5.75 Å². The van der Waals surface area contributed by atoms with E-state index in [0.717, 1.165) is 5.56 Å². The van der Waals surface area contributed by atoms with Crippen molar-refractivity contribution < 1.29 is 4.74 Å². The Hall–Kier alpha value is -2.43. The van der Waals surface area contributed by atoms with E-state index in [0.29, 0.717) is 33.8 Å². The van der Waals surface area contributed by atoms with Crippen LogP contribution in [0.25, 0.3) is 0 Å². The van der Waals surface area contributed by atoms with Crippen LogP contribution >= 0.6 is 23.2 Å². The SMILES string of the molecule is Cc1ccc(Cn2cc(Oc3c(Cl)cc(N)cc3Cl)ccc2=O)cc1. The molecule has 0 fully saturated rings. The highest BCUT2D eigenvalue weighted by Gasteiger charge is 2.11. The van der Waals surface area contributed by atoms with Crippen LogP contribution < -0.4 is 16.0 Å². The molecule has 0 aliphatic heterocycles. The Morgan fingerprint density at radius 2 is 1.68 bits per heavy atom. The Labute approximate surface area is 155 Å². The van der Waals surface area contributed by atoms with E-state index in [-0.39, 0.29) is 5.56 Å². The molecule has 1 aromatic heterocycles. The summed E-state index contributed by atoms with van der Waals surface area (Å²) in [6, 6.07) is 14.1. The van der Waals surface area contributed by atoms with Crippen LogP contribution in [0.4, 0.5) is 5.69 Å². The maximum atomic E-state index is 12.1. The van der Waals surface area contributed by atoms with Gasteiger partial charge in [-0.25, -0.2) is 0 Å². The van der Waals surface area contributed by atoms with Crippen molar-refractivity contribution in [3.8, 4) is 11.5 Å². The first-order valence-electron chi connectivity index (χ1n) is 7.61. The lowest BCUT2D eigenvalue weighted by Gasteiger charge is -2.12. The minimum absolute atomic E-state index is 0.123. The molecular formula is C19H16Cl2N2O2. The van der Waals surface area contributed by atoms with Crippen LogP contribution in [0.15, 0.2) is 59.5 Å². The molecule has 0 aliphatic carbocycles. The summed E-state index contributed by atoms with van der Waals surface area (Å²) in [6.07, 6.45) is 1.63. The summed E-state index contributed by atoms with van der Waals surface area (Å²) in [6.45, 7) is 2.46. The third-order valence-electron chi connectivity index (χ3n) is 3.67. The Kier molecular flexibility index (Phi) is 5.02. The second-order valence-electron chi connectivity index (χ2n) is 5.73. The third kappa shape index (κ3) is 4.16. The lowest BCUT2D eigenvalue weighted by Crippen LogP contribution is -2.18. The standard InChI is InChI=1S/C19H16Cl2N2O2/c1-12-2-4-13(5-3-12)10-23-11-15(6-7-18(23)24)25-19-16(20)8-14(22)9-17(19)21/h2-9,11H,10,22H2,1H3. The van der Waals surface area contributed by atoms with Crippen LogP contribution in [-0.4, -0.2) is 4.57 Å². The van der Waals surface area contributed by atoms with Gasteiger partial charge in [0.15, 0.2) is 5.75 Å². The van der Waals surface area contributed by atoms with Gasteiger partial charge in [0.25, 0.3) is 5.56 Å². The highest BCUT2D eigenvalue weighted by molar-refractivity contribution is 6.37. The van der Waals surface area contributed by atoms with Crippen LogP contribution in [0.5, 0.6) is 11.5 Å². The van der Waals surface area contributed by atoms with E-state index in [1.807, 2.05) is 31.2 Å². The van der Waals surface area contributed by atoms with E-state index < -0.39 is 0 Å². The van der Waals surface area contributed by atoms with Gasteiger partial charge in [0.05, 0.1) is 22.8 Å². The maximum Gasteiger partial charge on any atom is 0.251 e. The lowest BCUT2D eigenvalue weighted by molar-refractivity contribution is 0.475. The number of hydrogen-bond acceptors (Lipinski definition) is 3. The fourth-order valence-electron chi connectivity index (χ4n) is 2.38. The molecule has 25 heavy (non-hydrogen) atoms. The highest BCUT2D eigenvalue weighted by Crippen LogP contribution is 2.37. The van der Waals surface area contributed by atoms with E-state index in [4.69, 9.17) is 33.7 Å². The fourth-order valence-corrected chi connectivity index (χ4v) is 2.96. The first-order chi connectivity index (χ1) is 11.9. The van der Waals surface area contributed by atoms with E-state index in [1.54, 1.807) is 29.0 Å². The number of anilines is 1. The number of halogens is 2. The van der Waals surface area contributed by atoms with Crippen molar-refractivity contribution in [3.05, 3.63) is 86.3 Å². The highest BCUT2D eigenvalue weighted by atomic mass is 35.5. The zero-order chi connectivity index (χ0) is 18.0. The van der Waals surface area contributed by atoms with Gasteiger partial charge in [-0.05, 0) is 30.7 Å². The third-order valence-corrected chi connectivity index (χ3v) is 4.23. The molecule has 0 amide bonds. The van der Waals surface area contributed by atoms with Gasteiger partial charge in [-0.2, -0.15) is 0 Å². The monoisotopic (exact) mass is 374 g/mol. The van der Waals surface area contributed by atoms with Crippen LogP contribution in [0, 0.1) is 6.92 Å². The van der Waals surface area contributed by atoms with Crippen LogP contribution in [0.3, 0.4) is 0 Å². The molecule has 0 saturated heterocycles. The molecule has 6 heteroatoms. The van der Waals surface area contributed by atoms with Gasteiger partial charge in [-0.1, -0.05) is 53.0 Å². The zero-order valence-electron chi connectivity index (χ0n) is 13.5. The summed E-state index contributed by atoms with van der Waals surface area (Å²) >= 11 is 12.3. The van der Waals surface area contributed by atoms with Crippen molar-refractivity contribution >= 4 is 28.9 Å². The molecule has 3 aromatic rings. The molecule has 2 N–H and O–H groups in total. The molecule has 0 aliphatic rings. The number of ether oxygens (including phenoxy) is 1. The second kappa shape index (κ2) is 7.21. The molecule has 4 nitrogen and oxygen atoms in total. The molecule has 0 radical (unpaired) electrons. The summed E-state index contributed by atoms with van der Waals surface area (Å²) in [5.41, 5.74) is 8.21. The normalized spacial score (nSPS) is 10.7. The molecule has 0 spiro atoms. The molecule has 0 saturated carbocycles. The molecule has 128 valence electrons. The van der Waals surface area contributed by atoms with Crippen molar-refractivity contribution in [1.29, 1.82) is 0 Å². The van der Waals surface area contributed by atoms with Crippen molar-refractivity contribution in [1.82, 2.24) is 4.57 Å². The number of hydrogen-bond donors (Lipinski definition) is 1. The van der Waals surface area contributed by atoms with Gasteiger partial charge in [-0.15, -0.1) is 0 Å². The molecular weight excluding hydrogens is 359 g/mol. The largest absolute Gasteiger partial charge is 0.453 e. The predicted octanol–water partition coefficient (Wildman–Crippen LogP) is 4.89. The van der Waals surface area contributed by atoms with E-state index in [2.05, 4.69) is 0 Å². The van der Waals surface area contributed by atoms with Crippen LogP contribution in [-0.2, 0) is 6.54 Å². The number of aromatic nitrogens is 1. The molecule has 1 heterocycles. The van der Waals surface area contributed by atoms with Crippen molar-refractivity contribution in [2.75, 3.05) is 5.73 Å². The fraction of sp³-hybridized carbons (Fsp3) is 0.105. The topological polar surface area (TPSA) is 57.2 Å². The minimum Gasteiger partial charge on any atom is -0.453 e. The smallest absolute Gasteiger partial charge is 0.251 e. The Morgan fingerprint density at radius 1 is 1.04 bits per heavy atom. The van der Waals surface area contributed by atoms with Gasteiger partial charge < -0.3 is 15.0 Å². The number of nitrogens with two attached hydrogens (primary N) is 1. The summed E-state index contributed by atoms with van der Waals surface area (Å²) in [5.74, 6) is 0.762. The average molecular weight is 375 g/mol. The van der Waals surface area contributed by atoms with E-state index in [1.165, 1.54) is 11.6 Å². The molecule has 0 atom stereocenters. The first-order valence-corrected chi connectivity index (χ1v) is 8.36. The Bertz CT molecular complexity index is 943. The first kappa shape index (κ1) is 17.4. The van der Waals surface area contributed by atoms with Crippen molar-refractivity contribution in [2.45, 2.75) is 13.5 Å². The predicted molar refractivity (Wildman–Crippen MR) is 102 cm³/mol. The van der Waals surface area contributed by atoms with Crippen molar-refractivity contribution in [3.63, 3.8) is 0 Å². The zero-order valence-corrected chi connectivity index (χ0v) is 15.0. The number of benzene rings is 2. The van der Waals surface area contributed by atoms with E-state index >= 15 is 0 Å². The number of aryl methyl sites for hydroxylation is 1. The molecule has 0 unspecified atom stereocenters. The van der Waals surface area contributed by atoms with E-state index in [9.17, 15) is 4.79 Å². The van der Waals surface area contributed by atoms with Gasteiger partial charge >= 0.3 is 0 Å². The number of rotatable bonds is 4. The van der Waals surface area contributed by atoms with Gasteiger partial charge in [0, 0.05) is 11.8 Å². The van der Waals surface area contributed by atoms with Crippen LogP contribution in [0.1, 0.15) is 11.1 Å². The second-order valence-corrected chi connectivity index (χ2v) is 6.55. The molecule has 0 bridgehead atoms.